The Kier molecular flexibility index (Phi) is 7.01. The second-order valence-electron chi connectivity index (χ2n) is 5.06. The van der Waals surface area contributed by atoms with Gasteiger partial charge in [-0.3, -0.25) is 0 Å². The Bertz CT molecular complexity index is 790. The highest BCUT2D eigenvalue weighted by Crippen LogP contribution is 2.17. The largest absolute Gasteiger partial charge is 0.370 e. The molecule has 23 heavy (non-hydrogen) atoms. The molecule has 0 radical (unpaired) electrons. The van der Waals surface area contributed by atoms with Crippen molar-refractivity contribution in [1.82, 2.24) is 0 Å². The van der Waals surface area contributed by atoms with Crippen LogP contribution in [-0.2, 0) is 16.4 Å². The van der Waals surface area contributed by atoms with Gasteiger partial charge in [0.05, 0.1) is 11.4 Å². The maximum Gasteiger partial charge on any atom is 0.193 e. The minimum atomic E-state index is -3.20. The monoisotopic (exact) mass is 445 g/mol. The molecule has 124 valence electrons. The number of nitrogens with two attached hydrogens (primary N) is 1. The molecule has 0 atom stereocenters. The van der Waals surface area contributed by atoms with E-state index < -0.39 is 9.84 Å². The third-order valence-corrected chi connectivity index (χ3v) is 4.37. The second-order valence-corrected chi connectivity index (χ2v) is 7.05. The summed E-state index contributed by atoms with van der Waals surface area (Å²) >= 11 is 0. The fraction of sp³-hybridized carbons (Fsp3) is 0.188. The Morgan fingerprint density at radius 3 is 2.39 bits per heavy atom. The minimum Gasteiger partial charge on any atom is -0.370 e. The Hall–Kier alpha value is -1.61. The first kappa shape index (κ1) is 19.4. The van der Waals surface area contributed by atoms with E-state index in [0.717, 1.165) is 11.3 Å². The molecule has 3 N–H and O–H groups in total. The highest BCUT2D eigenvalue weighted by molar-refractivity contribution is 14.0. The van der Waals surface area contributed by atoms with Crippen molar-refractivity contribution in [3.05, 3.63) is 59.7 Å². The van der Waals surface area contributed by atoms with E-state index in [1.165, 1.54) is 6.26 Å². The van der Waals surface area contributed by atoms with Crippen LogP contribution < -0.4 is 11.1 Å². The van der Waals surface area contributed by atoms with Gasteiger partial charge in [0, 0.05) is 11.9 Å². The van der Waals surface area contributed by atoms with Gasteiger partial charge in [0.1, 0.15) is 0 Å². The zero-order valence-corrected chi connectivity index (χ0v) is 16.1. The van der Waals surface area contributed by atoms with Gasteiger partial charge in [-0.05, 0) is 36.2 Å². The first-order chi connectivity index (χ1) is 10.4. The van der Waals surface area contributed by atoms with E-state index in [-0.39, 0.29) is 24.0 Å². The molecule has 2 aromatic rings. The molecule has 0 saturated carbocycles. The van der Waals surface area contributed by atoms with E-state index in [0.29, 0.717) is 23.0 Å². The summed E-state index contributed by atoms with van der Waals surface area (Å²) in [6.45, 7) is 2.16. The summed E-state index contributed by atoms with van der Waals surface area (Å²) in [5.41, 5.74) is 8.32. The molecular weight excluding hydrogens is 425 g/mol. The molecule has 0 unspecified atom stereocenters. The van der Waals surface area contributed by atoms with Crippen LogP contribution in [0.3, 0.4) is 0 Å². The summed E-state index contributed by atoms with van der Waals surface area (Å²) < 4.78 is 23.2. The maximum absolute atomic E-state index is 11.6. The van der Waals surface area contributed by atoms with Crippen LogP contribution >= 0.6 is 24.0 Å². The lowest BCUT2D eigenvalue weighted by Gasteiger charge is -2.07. The fourth-order valence-electron chi connectivity index (χ4n) is 2.11. The number of hydrogen-bond donors (Lipinski definition) is 2. The summed E-state index contributed by atoms with van der Waals surface area (Å²) in [6, 6.07) is 14.7. The summed E-state index contributed by atoms with van der Waals surface area (Å²) in [7, 11) is -3.20. The van der Waals surface area contributed by atoms with Crippen LogP contribution in [0.25, 0.3) is 0 Å². The van der Waals surface area contributed by atoms with Crippen LogP contribution in [0.15, 0.2) is 58.4 Å². The molecule has 0 aliphatic carbocycles. The number of nitrogens with one attached hydrogen (secondary N) is 1. The van der Waals surface area contributed by atoms with Crippen molar-refractivity contribution in [2.75, 3.05) is 11.6 Å². The van der Waals surface area contributed by atoms with Crippen molar-refractivity contribution in [1.29, 1.82) is 0 Å². The molecule has 5 nitrogen and oxygen atoms in total. The van der Waals surface area contributed by atoms with Crippen LogP contribution in [0.1, 0.15) is 11.1 Å². The van der Waals surface area contributed by atoms with Crippen molar-refractivity contribution in [2.24, 2.45) is 10.7 Å². The summed E-state index contributed by atoms with van der Waals surface area (Å²) in [5.74, 6) is 0.316. The van der Waals surface area contributed by atoms with E-state index in [1.54, 1.807) is 19.1 Å². The molecule has 0 aliphatic rings. The normalized spacial score (nSPS) is 11.7. The van der Waals surface area contributed by atoms with Crippen LogP contribution in [0.5, 0.6) is 0 Å². The molecular formula is C16H20IN3O2S. The average molecular weight is 445 g/mol. The predicted molar refractivity (Wildman–Crippen MR) is 105 cm³/mol. The number of hydrogen-bond acceptors (Lipinski definition) is 3. The molecule has 7 heteroatoms. The van der Waals surface area contributed by atoms with Crippen LogP contribution in [-0.4, -0.2) is 20.6 Å². The molecule has 0 spiro atoms. The second kappa shape index (κ2) is 8.30. The number of benzene rings is 2. The van der Waals surface area contributed by atoms with Crippen molar-refractivity contribution >= 4 is 45.5 Å². The van der Waals surface area contributed by atoms with E-state index >= 15 is 0 Å². The van der Waals surface area contributed by atoms with E-state index in [9.17, 15) is 8.42 Å². The topological polar surface area (TPSA) is 84.5 Å². The third-order valence-electron chi connectivity index (χ3n) is 3.12. The molecule has 0 heterocycles. The fourth-order valence-corrected chi connectivity index (χ4v) is 3.07. The Balaban J connectivity index is 0.00000264. The third kappa shape index (κ3) is 5.83. The number of guanidine groups is 1. The Morgan fingerprint density at radius 1 is 1.17 bits per heavy atom. The van der Waals surface area contributed by atoms with Gasteiger partial charge in [-0.25, -0.2) is 13.4 Å². The number of aliphatic imine (C=N–C) groups is 1. The lowest BCUT2D eigenvalue weighted by atomic mass is 10.1. The molecule has 0 amide bonds. The van der Waals surface area contributed by atoms with E-state index in [2.05, 4.69) is 10.3 Å². The SMILES string of the molecule is Cc1cc(CN=C(N)Nc2ccccc2)ccc1S(C)(=O)=O.I. The first-order valence-electron chi connectivity index (χ1n) is 6.78. The van der Waals surface area contributed by atoms with Crippen molar-refractivity contribution in [3.8, 4) is 0 Å². The number of para-hydroxylation sites is 1. The average Bonchev–Trinajstić information content (AvgIpc) is 2.45. The number of halogens is 1. The molecule has 0 saturated heterocycles. The number of aryl methyl sites for hydroxylation is 1. The van der Waals surface area contributed by atoms with Gasteiger partial charge >= 0.3 is 0 Å². The molecule has 0 aromatic heterocycles. The number of nitrogens with zero attached hydrogens (tertiary/aromatic N) is 1. The summed E-state index contributed by atoms with van der Waals surface area (Å²) in [6.07, 6.45) is 1.20. The number of rotatable bonds is 4. The van der Waals surface area contributed by atoms with Crippen molar-refractivity contribution < 1.29 is 8.42 Å². The standard InChI is InChI=1S/C16H19N3O2S.HI/c1-12-10-13(8-9-15(12)22(2,20)21)11-18-16(17)19-14-6-4-3-5-7-14;/h3-10H,11H2,1-2H3,(H3,17,18,19);1H. The van der Waals surface area contributed by atoms with Gasteiger partial charge in [0.2, 0.25) is 0 Å². The summed E-state index contributed by atoms with van der Waals surface area (Å²) in [5, 5.41) is 2.99. The van der Waals surface area contributed by atoms with Gasteiger partial charge < -0.3 is 11.1 Å². The molecule has 0 fully saturated rings. The van der Waals surface area contributed by atoms with E-state index in [4.69, 9.17) is 5.73 Å². The lowest BCUT2D eigenvalue weighted by molar-refractivity contribution is 0.601. The van der Waals surface area contributed by atoms with Crippen molar-refractivity contribution in [2.45, 2.75) is 18.4 Å². The van der Waals surface area contributed by atoms with Crippen molar-refractivity contribution in [3.63, 3.8) is 0 Å². The Morgan fingerprint density at radius 2 is 1.83 bits per heavy atom. The minimum absolute atomic E-state index is 0. The predicted octanol–water partition coefficient (Wildman–Crippen LogP) is 2.94. The zero-order chi connectivity index (χ0) is 16.2. The zero-order valence-electron chi connectivity index (χ0n) is 13.0. The number of anilines is 1. The van der Waals surface area contributed by atoms with Crippen LogP contribution in [0.4, 0.5) is 5.69 Å². The molecule has 0 aliphatic heterocycles. The highest BCUT2D eigenvalue weighted by Gasteiger charge is 2.10. The molecule has 0 bridgehead atoms. The molecule has 2 aromatic carbocycles. The van der Waals surface area contributed by atoms with Gasteiger partial charge in [0.25, 0.3) is 0 Å². The number of sulfone groups is 1. The first-order valence-corrected chi connectivity index (χ1v) is 8.67. The quantitative estimate of drug-likeness (QED) is 0.431. The lowest BCUT2D eigenvalue weighted by Crippen LogP contribution is -2.22. The van der Waals surface area contributed by atoms with Gasteiger partial charge in [-0.1, -0.05) is 30.3 Å². The van der Waals surface area contributed by atoms with Gasteiger partial charge in [-0.2, -0.15) is 0 Å². The molecule has 2 rings (SSSR count). The summed E-state index contributed by atoms with van der Waals surface area (Å²) in [4.78, 5) is 4.60. The van der Waals surface area contributed by atoms with Gasteiger partial charge in [0.15, 0.2) is 15.8 Å². The maximum atomic E-state index is 11.6. The highest BCUT2D eigenvalue weighted by atomic mass is 127. The smallest absolute Gasteiger partial charge is 0.193 e. The Labute approximate surface area is 154 Å². The van der Waals surface area contributed by atoms with E-state index in [1.807, 2.05) is 36.4 Å². The van der Waals surface area contributed by atoms with Crippen LogP contribution in [0, 0.1) is 6.92 Å². The van der Waals surface area contributed by atoms with Crippen LogP contribution in [0.2, 0.25) is 0 Å². The van der Waals surface area contributed by atoms with Gasteiger partial charge in [-0.15, -0.1) is 24.0 Å².